The fourth-order valence-corrected chi connectivity index (χ4v) is 0.777. The van der Waals surface area contributed by atoms with Crippen LogP contribution in [-0.2, 0) is 0 Å². The molecule has 0 spiro atoms. The second-order valence-electron chi connectivity index (χ2n) is 2.40. The summed E-state index contributed by atoms with van der Waals surface area (Å²) < 4.78 is 0. The fraction of sp³-hybridized carbons (Fsp3) is 0.500. The number of unbranched alkanes of at least 4 members (excludes halogenated alkanes) is 3. The molecule has 1 nitrogen and oxygen atoms in total. The van der Waals surface area contributed by atoms with E-state index < -0.39 is 0 Å². The van der Waals surface area contributed by atoms with Crippen molar-refractivity contribution in [2.45, 2.75) is 32.1 Å². The second kappa shape index (κ2) is 8.97. The molecule has 1 heteroatoms. The highest BCUT2D eigenvalue weighted by Crippen LogP contribution is 1.99. The van der Waals surface area contributed by atoms with Crippen LogP contribution in [0.1, 0.15) is 32.1 Å². The molecule has 0 aromatic carbocycles. The molecule has 0 atom stereocenters. The third-order valence-electron chi connectivity index (χ3n) is 1.38. The summed E-state index contributed by atoms with van der Waals surface area (Å²) in [5, 5.41) is 8.23. The standard InChI is InChI=1S/C10H15N/c1-2-3-4-5-6-7-8-9-10-11/h2,4-5H,1,3,6-9H2. The molecule has 11 heavy (non-hydrogen) atoms. The van der Waals surface area contributed by atoms with Crippen LogP contribution in [-0.4, -0.2) is 0 Å². The van der Waals surface area contributed by atoms with Gasteiger partial charge in [0.05, 0.1) is 6.07 Å². The van der Waals surface area contributed by atoms with Crippen molar-refractivity contribution in [1.29, 1.82) is 5.26 Å². The van der Waals surface area contributed by atoms with E-state index in [1.807, 2.05) is 6.08 Å². The second-order valence-corrected chi connectivity index (χ2v) is 2.40. The van der Waals surface area contributed by atoms with Gasteiger partial charge in [-0.25, -0.2) is 0 Å². The van der Waals surface area contributed by atoms with Crippen LogP contribution < -0.4 is 0 Å². The molecule has 60 valence electrons. The predicted octanol–water partition coefficient (Wildman–Crippen LogP) is 3.20. The zero-order chi connectivity index (χ0) is 8.36. The van der Waals surface area contributed by atoms with Crippen molar-refractivity contribution in [2.24, 2.45) is 0 Å². The third-order valence-corrected chi connectivity index (χ3v) is 1.38. The average molecular weight is 149 g/mol. The van der Waals surface area contributed by atoms with Crippen LogP contribution in [0.2, 0.25) is 0 Å². The minimum absolute atomic E-state index is 0.690. The molecule has 0 radical (unpaired) electrons. The van der Waals surface area contributed by atoms with Crippen LogP contribution in [0.15, 0.2) is 24.8 Å². The van der Waals surface area contributed by atoms with Gasteiger partial charge in [0.1, 0.15) is 0 Å². The zero-order valence-electron chi connectivity index (χ0n) is 6.92. The van der Waals surface area contributed by atoms with Crippen LogP contribution in [0.4, 0.5) is 0 Å². The normalized spacial score (nSPS) is 9.73. The molecular weight excluding hydrogens is 134 g/mol. The molecule has 0 N–H and O–H groups in total. The van der Waals surface area contributed by atoms with E-state index in [-0.39, 0.29) is 0 Å². The van der Waals surface area contributed by atoms with Gasteiger partial charge in [-0.1, -0.05) is 18.2 Å². The van der Waals surface area contributed by atoms with Gasteiger partial charge in [0.25, 0.3) is 0 Å². The lowest BCUT2D eigenvalue weighted by molar-refractivity contribution is 0.767. The smallest absolute Gasteiger partial charge is 0.0621 e. The molecule has 0 aliphatic rings. The highest BCUT2D eigenvalue weighted by Gasteiger charge is 1.82. The minimum Gasteiger partial charge on any atom is -0.198 e. The van der Waals surface area contributed by atoms with Crippen LogP contribution in [0.3, 0.4) is 0 Å². The first-order chi connectivity index (χ1) is 5.41. The van der Waals surface area contributed by atoms with E-state index in [4.69, 9.17) is 5.26 Å². The SMILES string of the molecule is C=CCC=CCCCCC#N. The molecule has 0 unspecified atom stereocenters. The Kier molecular flexibility index (Phi) is 8.13. The summed E-state index contributed by atoms with van der Waals surface area (Å²) in [7, 11) is 0. The fourth-order valence-electron chi connectivity index (χ4n) is 0.777. The average Bonchev–Trinajstić information content (AvgIpc) is 2.03. The predicted molar refractivity (Wildman–Crippen MR) is 48.0 cm³/mol. The minimum atomic E-state index is 0.690. The first kappa shape index (κ1) is 9.97. The van der Waals surface area contributed by atoms with Gasteiger partial charge in [-0.05, 0) is 25.7 Å². The molecule has 0 aromatic heterocycles. The lowest BCUT2D eigenvalue weighted by atomic mass is 10.2. The van der Waals surface area contributed by atoms with Crippen LogP contribution in [0.25, 0.3) is 0 Å². The molecule has 0 rings (SSSR count). The van der Waals surface area contributed by atoms with E-state index in [9.17, 15) is 0 Å². The molecule has 0 aromatic rings. The molecule has 0 saturated carbocycles. The highest BCUT2D eigenvalue weighted by molar-refractivity contribution is 4.88. The molecule has 0 fully saturated rings. The molecule has 0 bridgehead atoms. The summed E-state index contributed by atoms with van der Waals surface area (Å²) >= 11 is 0. The van der Waals surface area contributed by atoms with E-state index in [0.717, 1.165) is 25.7 Å². The van der Waals surface area contributed by atoms with Gasteiger partial charge in [-0.2, -0.15) is 5.26 Å². The van der Waals surface area contributed by atoms with E-state index in [1.165, 1.54) is 0 Å². The van der Waals surface area contributed by atoms with Crippen molar-refractivity contribution in [3.05, 3.63) is 24.8 Å². The Labute approximate surface area is 69.0 Å². The number of hydrogen-bond acceptors (Lipinski definition) is 1. The van der Waals surface area contributed by atoms with Gasteiger partial charge in [-0.3, -0.25) is 0 Å². The third kappa shape index (κ3) is 8.97. The number of nitrogens with zero attached hydrogens (tertiary/aromatic N) is 1. The number of nitriles is 1. The highest BCUT2D eigenvalue weighted by atomic mass is 14.2. The molecular formula is C10H15N. The Bertz CT molecular complexity index is 151. The molecule has 0 heterocycles. The molecule has 0 aliphatic heterocycles. The Hall–Kier alpha value is -1.03. The summed E-state index contributed by atoms with van der Waals surface area (Å²) in [4.78, 5) is 0. The first-order valence-electron chi connectivity index (χ1n) is 4.04. The van der Waals surface area contributed by atoms with Gasteiger partial charge in [0.2, 0.25) is 0 Å². The van der Waals surface area contributed by atoms with Crippen LogP contribution in [0.5, 0.6) is 0 Å². The number of rotatable bonds is 6. The molecule has 0 saturated heterocycles. The summed E-state index contributed by atoms with van der Waals surface area (Å²) in [5.41, 5.74) is 0. The Morgan fingerprint density at radius 2 is 2.09 bits per heavy atom. The topological polar surface area (TPSA) is 23.8 Å². The summed E-state index contributed by atoms with van der Waals surface area (Å²) in [6.45, 7) is 3.61. The van der Waals surface area contributed by atoms with Gasteiger partial charge < -0.3 is 0 Å². The maximum Gasteiger partial charge on any atom is 0.0621 e. The number of hydrogen-bond donors (Lipinski definition) is 0. The maximum absolute atomic E-state index is 8.23. The van der Waals surface area contributed by atoms with E-state index in [1.54, 1.807) is 0 Å². The summed E-state index contributed by atoms with van der Waals surface area (Å²) in [5.74, 6) is 0. The van der Waals surface area contributed by atoms with Crippen molar-refractivity contribution in [3.8, 4) is 6.07 Å². The lowest BCUT2D eigenvalue weighted by Gasteiger charge is -1.89. The van der Waals surface area contributed by atoms with E-state index in [0.29, 0.717) is 6.42 Å². The van der Waals surface area contributed by atoms with Crippen molar-refractivity contribution in [2.75, 3.05) is 0 Å². The van der Waals surface area contributed by atoms with Crippen molar-refractivity contribution >= 4 is 0 Å². The Balaban J connectivity index is 3.02. The Morgan fingerprint density at radius 1 is 1.27 bits per heavy atom. The summed E-state index contributed by atoms with van der Waals surface area (Å²) in [6, 6.07) is 2.13. The van der Waals surface area contributed by atoms with Crippen LogP contribution >= 0.6 is 0 Å². The van der Waals surface area contributed by atoms with Crippen LogP contribution in [0, 0.1) is 11.3 Å². The quantitative estimate of drug-likeness (QED) is 0.420. The largest absolute Gasteiger partial charge is 0.198 e. The van der Waals surface area contributed by atoms with Gasteiger partial charge >= 0.3 is 0 Å². The first-order valence-corrected chi connectivity index (χ1v) is 4.04. The Morgan fingerprint density at radius 3 is 2.73 bits per heavy atom. The van der Waals surface area contributed by atoms with Crippen molar-refractivity contribution in [1.82, 2.24) is 0 Å². The maximum atomic E-state index is 8.23. The van der Waals surface area contributed by atoms with Gasteiger partial charge in [-0.15, -0.1) is 6.58 Å². The summed E-state index contributed by atoms with van der Waals surface area (Å²) in [6.07, 6.45) is 11.0. The van der Waals surface area contributed by atoms with Crippen molar-refractivity contribution in [3.63, 3.8) is 0 Å². The zero-order valence-corrected chi connectivity index (χ0v) is 6.92. The van der Waals surface area contributed by atoms with E-state index in [2.05, 4.69) is 24.8 Å². The van der Waals surface area contributed by atoms with Gasteiger partial charge in [0.15, 0.2) is 0 Å². The van der Waals surface area contributed by atoms with E-state index >= 15 is 0 Å². The molecule has 0 amide bonds. The van der Waals surface area contributed by atoms with Crippen molar-refractivity contribution < 1.29 is 0 Å². The number of allylic oxidation sites excluding steroid dienone is 3. The van der Waals surface area contributed by atoms with Gasteiger partial charge in [0, 0.05) is 6.42 Å². The monoisotopic (exact) mass is 149 g/mol. The lowest BCUT2D eigenvalue weighted by Crippen LogP contribution is -1.71. The molecule has 0 aliphatic carbocycles.